The number of halogens is 2. The van der Waals surface area contributed by atoms with Crippen LogP contribution in [0.3, 0.4) is 0 Å². The van der Waals surface area contributed by atoms with E-state index in [0.717, 1.165) is 16.7 Å². The molecule has 0 radical (unpaired) electrons. The average Bonchev–Trinajstić information content (AvgIpc) is 3.05. The summed E-state index contributed by atoms with van der Waals surface area (Å²) in [6.45, 7) is 34.6. The van der Waals surface area contributed by atoms with Gasteiger partial charge in [-0.2, -0.15) is 0 Å². The minimum atomic E-state index is -0.116. The molecular weight excluding hydrogens is 615 g/mol. The van der Waals surface area contributed by atoms with Crippen LogP contribution in [0.1, 0.15) is 203 Å². The van der Waals surface area contributed by atoms with Crippen LogP contribution in [0, 0.1) is 11.6 Å². The average molecular weight is 685 g/mol. The second-order valence-corrected chi connectivity index (χ2v) is 16.1. The van der Waals surface area contributed by atoms with Crippen LogP contribution >= 0.6 is 0 Å². The summed E-state index contributed by atoms with van der Waals surface area (Å²) in [6, 6.07) is 28.4. The van der Waals surface area contributed by atoms with E-state index in [0.29, 0.717) is 41.4 Å². The minimum absolute atomic E-state index is 0.0839. The van der Waals surface area contributed by atoms with Crippen molar-refractivity contribution in [2.45, 2.75) is 158 Å². The largest absolute Gasteiger partial charge is 0.207 e. The highest BCUT2D eigenvalue weighted by Gasteiger charge is 2.10. The van der Waals surface area contributed by atoms with Crippen molar-refractivity contribution in [3.05, 3.63) is 141 Å². The Morgan fingerprint density at radius 3 is 0.980 bits per heavy atom. The van der Waals surface area contributed by atoms with Gasteiger partial charge >= 0.3 is 0 Å². The summed E-state index contributed by atoms with van der Waals surface area (Å²) in [5, 5.41) is 0. The molecule has 0 heterocycles. The van der Waals surface area contributed by atoms with Crippen LogP contribution in [0.4, 0.5) is 8.78 Å². The Labute approximate surface area is 307 Å². The number of hydrogen-bond donors (Lipinski definition) is 0. The fourth-order valence-electron chi connectivity index (χ4n) is 5.51. The van der Waals surface area contributed by atoms with Gasteiger partial charge in [0.2, 0.25) is 0 Å². The Morgan fingerprint density at radius 2 is 0.640 bits per heavy atom. The number of benzene rings is 4. The highest BCUT2D eigenvalue weighted by molar-refractivity contribution is 5.32. The van der Waals surface area contributed by atoms with Crippen molar-refractivity contribution in [1.29, 1.82) is 0 Å². The molecule has 0 aliphatic heterocycles. The van der Waals surface area contributed by atoms with Gasteiger partial charge in [0.25, 0.3) is 0 Å². The van der Waals surface area contributed by atoms with Crippen molar-refractivity contribution in [3.8, 4) is 0 Å². The van der Waals surface area contributed by atoms with E-state index >= 15 is 0 Å². The Kier molecular flexibility index (Phi) is 19.6. The maximum Gasteiger partial charge on any atom is 0.126 e. The molecule has 0 nitrogen and oxygen atoms in total. The van der Waals surface area contributed by atoms with Gasteiger partial charge in [0, 0.05) is 0 Å². The van der Waals surface area contributed by atoms with Gasteiger partial charge in [0.15, 0.2) is 0 Å². The summed E-state index contributed by atoms with van der Waals surface area (Å²) >= 11 is 0. The zero-order chi connectivity index (χ0) is 38.3. The Morgan fingerprint density at radius 1 is 0.300 bits per heavy atom. The van der Waals surface area contributed by atoms with Crippen LogP contribution in [0.2, 0.25) is 0 Å². The van der Waals surface area contributed by atoms with E-state index in [1.54, 1.807) is 18.2 Å². The molecule has 0 aromatic heterocycles. The van der Waals surface area contributed by atoms with Crippen molar-refractivity contribution in [2.24, 2.45) is 0 Å². The predicted octanol–water partition coefficient (Wildman–Crippen LogP) is 16.0. The highest BCUT2D eigenvalue weighted by Crippen LogP contribution is 2.26. The van der Waals surface area contributed by atoms with E-state index in [2.05, 4.69) is 152 Å². The minimum Gasteiger partial charge on any atom is -0.207 e. The lowest BCUT2D eigenvalue weighted by molar-refractivity contribution is 0.596. The van der Waals surface area contributed by atoms with Crippen LogP contribution in [0.5, 0.6) is 0 Å². The molecule has 0 N–H and O–H groups in total. The van der Waals surface area contributed by atoms with Gasteiger partial charge in [-0.05, 0) is 110 Å². The molecule has 0 unspecified atom stereocenters. The molecule has 0 aliphatic carbocycles. The zero-order valence-corrected chi connectivity index (χ0v) is 34.5. The molecule has 0 amide bonds. The van der Waals surface area contributed by atoms with Crippen molar-refractivity contribution in [1.82, 2.24) is 0 Å². The quantitative estimate of drug-likeness (QED) is 0.173. The molecule has 0 saturated heterocycles. The fraction of sp³-hybridized carbons (Fsp3) is 0.500. The first kappa shape index (κ1) is 44.8. The summed E-state index contributed by atoms with van der Waals surface area (Å²) in [5.41, 5.74) is 10.1. The molecule has 276 valence electrons. The van der Waals surface area contributed by atoms with Gasteiger partial charge in [-0.3, -0.25) is 0 Å². The van der Waals surface area contributed by atoms with Crippen LogP contribution in [0.25, 0.3) is 0 Å². The van der Waals surface area contributed by atoms with Gasteiger partial charge in [0.05, 0.1) is 0 Å². The Bertz CT molecular complexity index is 1460. The van der Waals surface area contributed by atoms with E-state index in [-0.39, 0.29) is 17.6 Å². The summed E-state index contributed by atoms with van der Waals surface area (Å²) < 4.78 is 26.4. The molecule has 4 rings (SSSR count). The smallest absolute Gasteiger partial charge is 0.126 e. The van der Waals surface area contributed by atoms with Gasteiger partial charge in [-0.15, -0.1) is 0 Å². The SMILES string of the molecule is CC(C)c1cc(F)cc(C(C)C)c1.CC(C)c1ccc(F)c(C(C)C)c1.CC(C)c1cccc(C(C)C)c1.CC(C)c1ccccc1C(C)C. The normalized spacial score (nSPS) is 11.2. The monoisotopic (exact) mass is 685 g/mol. The summed E-state index contributed by atoms with van der Waals surface area (Å²) in [4.78, 5) is 0. The van der Waals surface area contributed by atoms with Gasteiger partial charge in [0.1, 0.15) is 11.6 Å². The standard InChI is InChI=1S/2C12H17F.2C12H18/c1-8(2)10-5-11(9(3)4)7-12(13)6-10;1-8(2)10-5-6-12(13)11(7-10)9(3)4;1-9(2)11-6-5-7-12(8-11)10(3)4;1-9(2)11-7-5-6-8-12(11)10(3)4/h2*5-9H,1-4H3;2*5-10H,1-4H3. The van der Waals surface area contributed by atoms with Gasteiger partial charge < -0.3 is 0 Å². The molecule has 0 atom stereocenters. The molecule has 2 heteroatoms. The Hall–Kier alpha value is -3.26. The van der Waals surface area contributed by atoms with E-state index in [4.69, 9.17) is 0 Å². The third-order valence-electron chi connectivity index (χ3n) is 9.07. The van der Waals surface area contributed by atoms with E-state index in [9.17, 15) is 8.78 Å². The van der Waals surface area contributed by atoms with Crippen LogP contribution in [0.15, 0.2) is 84.9 Å². The second kappa shape index (κ2) is 21.8. The van der Waals surface area contributed by atoms with Crippen LogP contribution in [-0.4, -0.2) is 0 Å². The third kappa shape index (κ3) is 15.3. The first-order valence-corrected chi connectivity index (χ1v) is 19.0. The first-order valence-electron chi connectivity index (χ1n) is 19.0. The molecule has 0 bridgehead atoms. The molecule has 0 fully saturated rings. The molecule has 50 heavy (non-hydrogen) atoms. The van der Waals surface area contributed by atoms with E-state index < -0.39 is 0 Å². The predicted molar refractivity (Wildman–Crippen MR) is 218 cm³/mol. The second-order valence-electron chi connectivity index (χ2n) is 16.1. The maximum atomic E-state index is 13.3. The molecule has 4 aromatic carbocycles. The topological polar surface area (TPSA) is 0 Å². The molecule has 0 aliphatic rings. The number of hydrogen-bond acceptors (Lipinski definition) is 0. The van der Waals surface area contributed by atoms with E-state index in [1.807, 2.05) is 26.0 Å². The van der Waals surface area contributed by atoms with Crippen molar-refractivity contribution in [3.63, 3.8) is 0 Å². The molecular formula is C48H70F2. The van der Waals surface area contributed by atoms with Crippen LogP contribution in [-0.2, 0) is 0 Å². The third-order valence-corrected chi connectivity index (χ3v) is 9.07. The van der Waals surface area contributed by atoms with Crippen molar-refractivity contribution < 1.29 is 8.78 Å². The van der Waals surface area contributed by atoms with Gasteiger partial charge in [-0.25, -0.2) is 8.78 Å². The van der Waals surface area contributed by atoms with Crippen LogP contribution < -0.4 is 0 Å². The van der Waals surface area contributed by atoms with Gasteiger partial charge in [-0.1, -0.05) is 178 Å². The summed E-state index contributed by atoms with van der Waals surface area (Å²) in [5.74, 6) is 3.90. The lowest BCUT2D eigenvalue weighted by atomic mass is 9.91. The fourth-order valence-corrected chi connectivity index (χ4v) is 5.51. The maximum absolute atomic E-state index is 13.3. The Balaban J connectivity index is 0.000000334. The lowest BCUT2D eigenvalue weighted by Crippen LogP contribution is -1.97. The van der Waals surface area contributed by atoms with Crippen molar-refractivity contribution >= 4 is 0 Å². The zero-order valence-electron chi connectivity index (χ0n) is 34.5. The van der Waals surface area contributed by atoms with Crippen molar-refractivity contribution in [2.75, 3.05) is 0 Å². The summed E-state index contributed by atoms with van der Waals surface area (Å²) in [6.07, 6.45) is 0. The lowest BCUT2D eigenvalue weighted by Gasteiger charge is -2.14. The highest BCUT2D eigenvalue weighted by atomic mass is 19.1. The number of rotatable bonds is 8. The molecule has 0 spiro atoms. The molecule has 4 aromatic rings. The first-order chi connectivity index (χ1) is 23.3. The van der Waals surface area contributed by atoms with E-state index in [1.165, 1.54) is 27.8 Å². The molecule has 0 saturated carbocycles. The summed E-state index contributed by atoms with van der Waals surface area (Å²) in [7, 11) is 0.